The number of carbonyl (C=O) groups excluding carboxylic acids is 2. The van der Waals surface area contributed by atoms with Crippen LogP contribution >= 0.6 is 35.0 Å². The number of hydrogen-bond donors (Lipinski definition) is 1. The van der Waals surface area contributed by atoms with Crippen molar-refractivity contribution in [2.24, 2.45) is 4.99 Å². The van der Waals surface area contributed by atoms with Crippen LogP contribution in [0.1, 0.15) is 5.56 Å². The summed E-state index contributed by atoms with van der Waals surface area (Å²) in [4.78, 5) is 32.2. The Labute approximate surface area is 210 Å². The molecule has 1 aromatic heterocycles. The van der Waals surface area contributed by atoms with Gasteiger partial charge in [0.2, 0.25) is 5.91 Å². The van der Waals surface area contributed by atoms with Crippen molar-refractivity contribution in [3.05, 3.63) is 69.2 Å². The second kappa shape index (κ2) is 9.84. The van der Waals surface area contributed by atoms with Gasteiger partial charge in [-0.2, -0.15) is 0 Å². The minimum Gasteiger partial charge on any atom is -0.378 e. The zero-order valence-corrected chi connectivity index (χ0v) is 20.3. The quantitative estimate of drug-likeness (QED) is 0.512. The van der Waals surface area contributed by atoms with Crippen LogP contribution < -0.4 is 5.32 Å². The Hall–Kier alpha value is -2.78. The van der Waals surface area contributed by atoms with Crippen molar-refractivity contribution < 1.29 is 14.3 Å². The number of ether oxygens (including phenoxy) is 1. The van der Waals surface area contributed by atoms with Gasteiger partial charge in [-0.3, -0.25) is 9.59 Å². The monoisotopic (exact) mass is 514 g/mol. The number of aliphatic imine (C=N–C) groups is 1. The molecule has 2 aliphatic heterocycles. The minimum atomic E-state index is -0.247. The van der Waals surface area contributed by atoms with Crippen LogP contribution in [0.15, 0.2) is 58.6 Å². The van der Waals surface area contributed by atoms with Gasteiger partial charge < -0.3 is 19.5 Å². The Morgan fingerprint density at radius 1 is 1.15 bits per heavy atom. The molecule has 7 nitrogen and oxygen atoms in total. The Balaban J connectivity index is 1.42. The number of nitrogens with zero attached hydrogens (tertiary/aromatic N) is 3. The average Bonchev–Trinajstić information content (AvgIpc) is 3.37. The highest BCUT2D eigenvalue weighted by atomic mass is 35.5. The van der Waals surface area contributed by atoms with Crippen molar-refractivity contribution in [1.29, 1.82) is 0 Å². The van der Waals surface area contributed by atoms with Crippen molar-refractivity contribution in [2.45, 2.75) is 6.54 Å². The Kier molecular flexibility index (Phi) is 6.65. The van der Waals surface area contributed by atoms with Crippen molar-refractivity contribution in [2.75, 3.05) is 26.3 Å². The van der Waals surface area contributed by atoms with Gasteiger partial charge in [-0.25, -0.2) is 4.99 Å². The van der Waals surface area contributed by atoms with Crippen LogP contribution in [-0.2, 0) is 20.9 Å². The second-order valence-electron chi connectivity index (χ2n) is 7.78. The van der Waals surface area contributed by atoms with E-state index >= 15 is 0 Å². The summed E-state index contributed by atoms with van der Waals surface area (Å²) in [5, 5.41) is 4.88. The van der Waals surface area contributed by atoms with E-state index < -0.39 is 0 Å². The number of hydrogen-bond acceptors (Lipinski definition) is 5. The van der Waals surface area contributed by atoms with E-state index in [2.05, 4.69) is 10.3 Å². The number of para-hydroxylation sites is 1. The Morgan fingerprint density at radius 3 is 2.76 bits per heavy atom. The van der Waals surface area contributed by atoms with Gasteiger partial charge in [-0.15, -0.1) is 0 Å². The number of carbonyl (C=O) groups is 2. The lowest BCUT2D eigenvalue weighted by atomic mass is 10.1. The standard InChI is InChI=1S/C24H20Cl2N4O3S/c25-17-5-3-6-18(22(17)26)27-24-28-23(32)20(34-24)12-15-13-30(19-7-2-1-4-16(15)19)14-21(31)29-8-10-33-11-9-29/h1-7,12-13H,8-11,14H2,(H,27,28,32)/b20-12-. The molecule has 2 aliphatic rings. The number of fused-ring (bicyclic) bond motifs is 1. The van der Waals surface area contributed by atoms with E-state index in [1.807, 2.05) is 46.0 Å². The first kappa shape index (κ1) is 23.0. The lowest BCUT2D eigenvalue weighted by Crippen LogP contribution is -2.42. The SMILES string of the molecule is O=C1NC(=Nc2cccc(Cl)c2Cl)S/C1=C\c1cn(CC(=O)N2CCOCC2)c2ccccc12. The summed E-state index contributed by atoms with van der Waals surface area (Å²) < 4.78 is 7.27. The number of benzene rings is 2. The molecule has 0 atom stereocenters. The van der Waals surface area contributed by atoms with Crippen LogP contribution in [0.25, 0.3) is 17.0 Å². The molecule has 2 saturated heterocycles. The van der Waals surface area contributed by atoms with E-state index in [9.17, 15) is 9.59 Å². The molecule has 3 heterocycles. The molecule has 34 heavy (non-hydrogen) atoms. The lowest BCUT2D eigenvalue weighted by Gasteiger charge is -2.27. The molecule has 0 spiro atoms. The third kappa shape index (κ3) is 4.72. The molecule has 5 rings (SSSR count). The average molecular weight is 515 g/mol. The number of amides is 2. The Morgan fingerprint density at radius 2 is 1.94 bits per heavy atom. The van der Waals surface area contributed by atoms with Gasteiger partial charge in [0.25, 0.3) is 5.91 Å². The van der Waals surface area contributed by atoms with E-state index in [0.717, 1.165) is 16.5 Å². The molecule has 0 aliphatic carbocycles. The second-order valence-corrected chi connectivity index (χ2v) is 9.59. The number of nitrogens with one attached hydrogen (secondary N) is 1. The predicted octanol–water partition coefficient (Wildman–Crippen LogP) is 4.70. The molecule has 1 N–H and O–H groups in total. The van der Waals surface area contributed by atoms with E-state index in [-0.39, 0.29) is 18.4 Å². The van der Waals surface area contributed by atoms with E-state index in [1.54, 1.807) is 18.2 Å². The molecular weight excluding hydrogens is 495 g/mol. The molecule has 2 aromatic carbocycles. The largest absolute Gasteiger partial charge is 0.378 e. The van der Waals surface area contributed by atoms with Crippen molar-refractivity contribution in [1.82, 2.24) is 14.8 Å². The summed E-state index contributed by atoms with van der Waals surface area (Å²) in [6.45, 7) is 2.55. The maximum absolute atomic E-state index is 12.8. The molecule has 0 saturated carbocycles. The normalized spacial score (nSPS) is 18.8. The van der Waals surface area contributed by atoms with Crippen LogP contribution in [0.5, 0.6) is 0 Å². The van der Waals surface area contributed by atoms with Gasteiger partial charge in [0.05, 0.1) is 33.9 Å². The van der Waals surface area contributed by atoms with Gasteiger partial charge in [-0.1, -0.05) is 47.5 Å². The van der Waals surface area contributed by atoms with Gasteiger partial charge >= 0.3 is 0 Å². The molecule has 0 unspecified atom stereocenters. The fourth-order valence-corrected chi connectivity index (χ4v) is 5.05. The number of rotatable bonds is 4. The first-order valence-electron chi connectivity index (χ1n) is 10.7. The van der Waals surface area contributed by atoms with Crippen LogP contribution in [0, 0.1) is 0 Å². The maximum Gasteiger partial charge on any atom is 0.264 e. The first-order valence-corrected chi connectivity index (χ1v) is 12.2. The van der Waals surface area contributed by atoms with Gasteiger partial charge in [0, 0.05) is 35.8 Å². The van der Waals surface area contributed by atoms with Gasteiger partial charge in [0.15, 0.2) is 5.17 Å². The van der Waals surface area contributed by atoms with Gasteiger partial charge in [0.1, 0.15) is 6.54 Å². The summed E-state index contributed by atoms with van der Waals surface area (Å²) in [5.74, 6) is -0.202. The molecule has 0 bridgehead atoms. The smallest absolute Gasteiger partial charge is 0.264 e. The summed E-state index contributed by atoms with van der Waals surface area (Å²) in [6.07, 6.45) is 3.73. The number of aromatic nitrogens is 1. The number of halogens is 2. The zero-order valence-electron chi connectivity index (χ0n) is 18.0. The summed E-state index contributed by atoms with van der Waals surface area (Å²) in [7, 11) is 0. The fourth-order valence-electron chi connectivity index (χ4n) is 3.89. The van der Waals surface area contributed by atoms with Crippen LogP contribution in [0.3, 0.4) is 0 Å². The first-order chi connectivity index (χ1) is 16.5. The minimum absolute atomic E-state index is 0.0454. The predicted molar refractivity (Wildman–Crippen MR) is 137 cm³/mol. The lowest BCUT2D eigenvalue weighted by molar-refractivity contribution is -0.135. The molecule has 2 fully saturated rings. The molecule has 0 radical (unpaired) electrons. The zero-order chi connectivity index (χ0) is 23.7. The molecule has 2 amide bonds. The highest BCUT2D eigenvalue weighted by molar-refractivity contribution is 8.18. The van der Waals surface area contributed by atoms with E-state index in [0.29, 0.717) is 52.1 Å². The van der Waals surface area contributed by atoms with Crippen molar-refractivity contribution in [3.63, 3.8) is 0 Å². The van der Waals surface area contributed by atoms with Crippen LogP contribution in [0.2, 0.25) is 10.0 Å². The van der Waals surface area contributed by atoms with Crippen molar-refractivity contribution in [3.8, 4) is 0 Å². The van der Waals surface area contributed by atoms with E-state index in [4.69, 9.17) is 27.9 Å². The summed E-state index contributed by atoms with van der Waals surface area (Å²) in [6, 6.07) is 13.0. The molecule has 10 heteroatoms. The molecule has 3 aromatic rings. The number of morpholine rings is 1. The molecular formula is C24H20Cl2N4O3S. The number of amidine groups is 1. The third-order valence-corrected chi connectivity index (χ3v) is 7.30. The fraction of sp³-hybridized carbons (Fsp3) is 0.208. The Bertz CT molecular complexity index is 1350. The van der Waals surface area contributed by atoms with Gasteiger partial charge in [-0.05, 0) is 36.0 Å². The third-order valence-electron chi connectivity index (χ3n) is 5.58. The van der Waals surface area contributed by atoms with Crippen LogP contribution in [-0.4, -0.2) is 52.8 Å². The van der Waals surface area contributed by atoms with Crippen LogP contribution in [0.4, 0.5) is 5.69 Å². The highest BCUT2D eigenvalue weighted by Gasteiger charge is 2.25. The molecule has 174 valence electrons. The van der Waals surface area contributed by atoms with Crippen molar-refractivity contribution >= 4 is 74.6 Å². The topological polar surface area (TPSA) is 75.9 Å². The maximum atomic E-state index is 12.8. The number of thioether (sulfide) groups is 1. The highest BCUT2D eigenvalue weighted by Crippen LogP contribution is 2.35. The summed E-state index contributed by atoms with van der Waals surface area (Å²) in [5.41, 5.74) is 2.26. The summed E-state index contributed by atoms with van der Waals surface area (Å²) >= 11 is 13.5. The van der Waals surface area contributed by atoms with E-state index in [1.165, 1.54) is 11.8 Å².